The molecule has 1 fully saturated rings. The average Bonchev–Trinajstić information content (AvgIpc) is 2.53. The number of rotatable bonds is 4. The summed E-state index contributed by atoms with van der Waals surface area (Å²) in [6.07, 6.45) is 3.64. The third-order valence-electron chi connectivity index (χ3n) is 4.60. The van der Waals surface area contributed by atoms with Gasteiger partial charge in [-0.15, -0.1) is 0 Å². The van der Waals surface area contributed by atoms with E-state index >= 15 is 0 Å². The summed E-state index contributed by atoms with van der Waals surface area (Å²) >= 11 is 6.19. The van der Waals surface area contributed by atoms with Gasteiger partial charge in [-0.3, -0.25) is 0 Å². The van der Waals surface area contributed by atoms with Gasteiger partial charge in [-0.1, -0.05) is 24.1 Å². The molecule has 0 radical (unpaired) electrons. The third-order valence-corrected chi connectivity index (χ3v) is 4.91. The number of hydrogen-bond donors (Lipinski definition) is 1. The van der Waals surface area contributed by atoms with Gasteiger partial charge < -0.3 is 10.5 Å². The summed E-state index contributed by atoms with van der Waals surface area (Å²) in [5, 5.41) is 1.12. The van der Waals surface area contributed by atoms with Crippen LogP contribution in [0.2, 0.25) is 5.02 Å². The Kier molecular flexibility index (Phi) is 4.17. The number of nitrogen functional groups attached to an aromatic ring is 1. The van der Waals surface area contributed by atoms with E-state index < -0.39 is 0 Å². The molecule has 0 spiro atoms. The largest absolute Gasteiger partial charge is 0.477 e. The highest BCUT2D eigenvalue weighted by molar-refractivity contribution is 6.33. The molecule has 1 aliphatic rings. The molecule has 1 aliphatic carbocycles. The Morgan fingerprint density at radius 3 is 2.72 bits per heavy atom. The van der Waals surface area contributed by atoms with Gasteiger partial charge >= 0.3 is 0 Å². The quantitative estimate of drug-likeness (QED) is 0.725. The lowest BCUT2D eigenvalue weighted by molar-refractivity contribution is 0.177. The maximum Gasteiger partial charge on any atom is 0.226 e. The molecule has 1 heterocycles. The second-order valence-electron chi connectivity index (χ2n) is 6.35. The predicted octanol–water partition coefficient (Wildman–Crippen LogP) is 4.85. The lowest BCUT2D eigenvalue weighted by Crippen LogP contribution is -2.19. The van der Waals surface area contributed by atoms with Crippen LogP contribution < -0.4 is 10.5 Å². The van der Waals surface area contributed by atoms with E-state index in [1.54, 1.807) is 6.07 Å². The summed E-state index contributed by atoms with van der Waals surface area (Å²) in [5.74, 6) is 0.884. The molecular formula is C19H17ClFN3O. The van der Waals surface area contributed by atoms with E-state index in [1.165, 1.54) is 31.4 Å². The van der Waals surface area contributed by atoms with E-state index in [0.717, 1.165) is 16.5 Å². The SMILES string of the molecule is Nc1nc(OCC2CCC2)c2cc(-c3ccc(F)cc3Cl)ccc2n1. The minimum absolute atomic E-state index is 0.184. The molecule has 0 unspecified atom stereocenters. The second-order valence-corrected chi connectivity index (χ2v) is 6.76. The van der Waals surface area contributed by atoms with E-state index in [0.29, 0.717) is 28.9 Å². The Bertz CT molecular complexity index is 943. The molecule has 0 saturated heterocycles. The first-order valence-corrected chi connectivity index (χ1v) is 8.63. The Morgan fingerprint density at radius 1 is 1.16 bits per heavy atom. The van der Waals surface area contributed by atoms with Crippen LogP contribution in [-0.2, 0) is 0 Å². The maximum absolute atomic E-state index is 13.3. The second kappa shape index (κ2) is 6.48. The fraction of sp³-hybridized carbons (Fsp3) is 0.263. The number of benzene rings is 2. The van der Waals surface area contributed by atoms with Gasteiger partial charge in [-0.05, 0) is 54.7 Å². The highest BCUT2D eigenvalue weighted by Crippen LogP contribution is 2.34. The van der Waals surface area contributed by atoms with E-state index in [4.69, 9.17) is 22.1 Å². The molecule has 2 aromatic carbocycles. The monoisotopic (exact) mass is 357 g/mol. The number of halogens is 2. The van der Waals surface area contributed by atoms with Crippen molar-refractivity contribution in [2.75, 3.05) is 12.3 Å². The van der Waals surface area contributed by atoms with Crippen LogP contribution >= 0.6 is 11.6 Å². The lowest BCUT2D eigenvalue weighted by atomic mass is 9.86. The normalized spacial score (nSPS) is 14.5. The highest BCUT2D eigenvalue weighted by Gasteiger charge is 2.19. The smallest absolute Gasteiger partial charge is 0.226 e. The van der Waals surface area contributed by atoms with E-state index in [2.05, 4.69) is 9.97 Å². The van der Waals surface area contributed by atoms with Gasteiger partial charge in [-0.2, -0.15) is 4.98 Å². The van der Waals surface area contributed by atoms with Gasteiger partial charge in [-0.25, -0.2) is 9.37 Å². The van der Waals surface area contributed by atoms with Gasteiger partial charge in [0.15, 0.2) is 0 Å². The van der Waals surface area contributed by atoms with Gasteiger partial charge in [0.05, 0.1) is 22.5 Å². The topological polar surface area (TPSA) is 61.0 Å². The van der Waals surface area contributed by atoms with Crippen LogP contribution in [0, 0.1) is 11.7 Å². The molecule has 1 saturated carbocycles. The Balaban J connectivity index is 1.76. The zero-order chi connectivity index (χ0) is 17.4. The molecule has 3 aromatic rings. The van der Waals surface area contributed by atoms with Crippen molar-refractivity contribution in [3.63, 3.8) is 0 Å². The molecule has 0 amide bonds. The van der Waals surface area contributed by atoms with Crippen molar-refractivity contribution in [3.8, 4) is 17.0 Å². The summed E-state index contributed by atoms with van der Waals surface area (Å²) in [4.78, 5) is 8.52. The number of anilines is 1. The fourth-order valence-corrected chi connectivity index (χ4v) is 3.25. The summed E-state index contributed by atoms with van der Waals surface area (Å²) in [6.45, 7) is 0.632. The molecular weight excluding hydrogens is 341 g/mol. The zero-order valence-electron chi connectivity index (χ0n) is 13.5. The van der Waals surface area contributed by atoms with Crippen LogP contribution in [0.15, 0.2) is 36.4 Å². The summed E-state index contributed by atoms with van der Waals surface area (Å²) < 4.78 is 19.2. The minimum Gasteiger partial charge on any atom is -0.477 e. The molecule has 128 valence electrons. The van der Waals surface area contributed by atoms with Gasteiger partial charge in [0.1, 0.15) is 5.82 Å². The van der Waals surface area contributed by atoms with Crippen molar-refractivity contribution in [2.45, 2.75) is 19.3 Å². The van der Waals surface area contributed by atoms with Crippen molar-refractivity contribution in [3.05, 3.63) is 47.2 Å². The van der Waals surface area contributed by atoms with Gasteiger partial charge in [0, 0.05) is 5.56 Å². The van der Waals surface area contributed by atoms with Crippen LogP contribution in [-0.4, -0.2) is 16.6 Å². The first kappa shape index (κ1) is 16.1. The average molecular weight is 358 g/mol. The molecule has 6 heteroatoms. The first-order valence-electron chi connectivity index (χ1n) is 8.25. The lowest BCUT2D eigenvalue weighted by Gasteiger charge is -2.25. The number of aromatic nitrogens is 2. The zero-order valence-corrected chi connectivity index (χ0v) is 14.3. The summed E-state index contributed by atoms with van der Waals surface area (Å²) in [6, 6.07) is 9.98. The maximum atomic E-state index is 13.3. The van der Waals surface area contributed by atoms with Crippen LogP contribution in [0.1, 0.15) is 19.3 Å². The van der Waals surface area contributed by atoms with Crippen molar-refractivity contribution in [1.82, 2.24) is 9.97 Å². The molecule has 4 nitrogen and oxygen atoms in total. The molecule has 4 rings (SSSR count). The number of ether oxygens (including phenoxy) is 1. The summed E-state index contributed by atoms with van der Waals surface area (Å²) in [5.41, 5.74) is 8.10. The van der Waals surface area contributed by atoms with E-state index in [-0.39, 0.29) is 11.8 Å². The summed E-state index contributed by atoms with van der Waals surface area (Å²) in [7, 11) is 0. The third kappa shape index (κ3) is 3.24. The Hall–Kier alpha value is -2.40. The number of nitrogens with zero attached hydrogens (tertiary/aromatic N) is 2. The van der Waals surface area contributed by atoms with Crippen molar-refractivity contribution in [2.24, 2.45) is 5.92 Å². The van der Waals surface area contributed by atoms with Crippen LogP contribution in [0.5, 0.6) is 5.88 Å². The Labute approximate surface area is 149 Å². The van der Waals surface area contributed by atoms with Crippen molar-refractivity contribution >= 4 is 28.5 Å². The van der Waals surface area contributed by atoms with Gasteiger partial charge in [0.2, 0.25) is 11.8 Å². The molecule has 0 bridgehead atoms. The minimum atomic E-state index is -0.366. The highest BCUT2D eigenvalue weighted by atomic mass is 35.5. The van der Waals surface area contributed by atoms with Crippen LogP contribution in [0.4, 0.5) is 10.3 Å². The van der Waals surface area contributed by atoms with E-state index in [1.807, 2.05) is 18.2 Å². The van der Waals surface area contributed by atoms with Crippen LogP contribution in [0.25, 0.3) is 22.0 Å². The molecule has 0 aliphatic heterocycles. The number of fused-ring (bicyclic) bond motifs is 1. The van der Waals surface area contributed by atoms with Crippen molar-refractivity contribution < 1.29 is 9.13 Å². The molecule has 2 N–H and O–H groups in total. The standard InChI is InChI=1S/C19H17ClFN3O/c20-16-9-13(21)5-6-14(16)12-4-7-17-15(8-12)18(24-19(22)23-17)25-10-11-2-1-3-11/h4-9,11H,1-3,10H2,(H2,22,23,24). The van der Waals surface area contributed by atoms with Crippen molar-refractivity contribution in [1.29, 1.82) is 0 Å². The predicted molar refractivity (Wildman–Crippen MR) is 97.2 cm³/mol. The molecule has 25 heavy (non-hydrogen) atoms. The Morgan fingerprint density at radius 2 is 2.00 bits per heavy atom. The first-order chi connectivity index (χ1) is 12.1. The number of nitrogens with two attached hydrogens (primary N) is 1. The van der Waals surface area contributed by atoms with Crippen LogP contribution in [0.3, 0.4) is 0 Å². The molecule has 0 atom stereocenters. The van der Waals surface area contributed by atoms with E-state index in [9.17, 15) is 4.39 Å². The fourth-order valence-electron chi connectivity index (χ4n) is 2.97. The van der Waals surface area contributed by atoms with Gasteiger partial charge in [0.25, 0.3) is 0 Å². The number of hydrogen-bond acceptors (Lipinski definition) is 4. The molecule has 1 aromatic heterocycles.